The molecule has 0 atom stereocenters. The number of hydrogen-bond donors (Lipinski definition) is 2. The van der Waals surface area contributed by atoms with Crippen molar-refractivity contribution < 1.29 is 23.9 Å². The molecule has 0 saturated heterocycles. The molecule has 1 aromatic heterocycles. The quantitative estimate of drug-likeness (QED) is 0.389. The van der Waals surface area contributed by atoms with Crippen molar-refractivity contribution in [3.05, 3.63) is 68.5 Å². The first-order valence-corrected chi connectivity index (χ1v) is 11.1. The van der Waals surface area contributed by atoms with E-state index >= 15 is 0 Å². The molecular weight excluding hydrogens is 466 g/mol. The smallest absolute Gasteiger partial charge is 0.311 e. The Balaban J connectivity index is 1.52. The topological polar surface area (TPSA) is 107 Å². The van der Waals surface area contributed by atoms with Crippen molar-refractivity contribution >= 4 is 40.7 Å². The van der Waals surface area contributed by atoms with Gasteiger partial charge in [0.15, 0.2) is 6.61 Å². The van der Waals surface area contributed by atoms with E-state index in [0.29, 0.717) is 10.8 Å². The molecule has 2 aromatic carbocycles. The van der Waals surface area contributed by atoms with Crippen LogP contribution in [-0.2, 0) is 20.7 Å². The number of benzene rings is 2. The van der Waals surface area contributed by atoms with Gasteiger partial charge in [-0.2, -0.15) is 0 Å². The third kappa shape index (κ3) is 6.53. The molecule has 0 aliphatic heterocycles. The summed E-state index contributed by atoms with van der Waals surface area (Å²) in [5, 5.41) is 1.16. The maximum Gasteiger partial charge on any atom is 0.311 e. The van der Waals surface area contributed by atoms with E-state index in [0.717, 1.165) is 26.7 Å². The second kappa shape index (κ2) is 10.9. The van der Waals surface area contributed by atoms with Gasteiger partial charge in [-0.15, -0.1) is 11.3 Å². The number of nitrogens with one attached hydrogen (secondary N) is 2. The van der Waals surface area contributed by atoms with Crippen molar-refractivity contribution in [2.24, 2.45) is 0 Å². The van der Waals surface area contributed by atoms with Crippen LogP contribution in [0.25, 0.3) is 11.3 Å². The maximum absolute atomic E-state index is 12.3. The van der Waals surface area contributed by atoms with Crippen LogP contribution in [0.4, 0.5) is 0 Å². The summed E-state index contributed by atoms with van der Waals surface area (Å²) < 4.78 is 10.2. The largest absolute Gasteiger partial charge is 0.496 e. The number of hydrogen-bond acceptors (Lipinski definition) is 7. The number of thiazole rings is 1. The molecule has 8 nitrogen and oxygen atoms in total. The molecule has 0 aliphatic carbocycles. The zero-order chi connectivity index (χ0) is 24.0. The van der Waals surface area contributed by atoms with Crippen molar-refractivity contribution in [3.63, 3.8) is 0 Å². The van der Waals surface area contributed by atoms with Crippen LogP contribution < -0.4 is 15.6 Å². The lowest BCUT2D eigenvalue weighted by atomic mass is 10.1. The lowest BCUT2D eigenvalue weighted by Gasteiger charge is -2.11. The number of ether oxygens (including phenoxy) is 2. The van der Waals surface area contributed by atoms with Gasteiger partial charge in [0, 0.05) is 15.5 Å². The Morgan fingerprint density at radius 2 is 1.79 bits per heavy atom. The third-order valence-electron chi connectivity index (χ3n) is 4.52. The number of esters is 1. The molecule has 0 fully saturated rings. The number of amides is 2. The lowest BCUT2D eigenvalue weighted by Crippen LogP contribution is -2.43. The van der Waals surface area contributed by atoms with Crippen molar-refractivity contribution in [2.75, 3.05) is 13.7 Å². The average Bonchev–Trinajstić information content (AvgIpc) is 3.16. The lowest BCUT2D eigenvalue weighted by molar-refractivity contribution is -0.148. The molecule has 3 aromatic rings. The Bertz CT molecular complexity index is 1180. The van der Waals surface area contributed by atoms with Crippen LogP contribution in [0.3, 0.4) is 0 Å². The van der Waals surface area contributed by atoms with E-state index in [1.807, 2.05) is 38.1 Å². The molecule has 0 saturated carbocycles. The number of halogens is 1. The normalized spacial score (nSPS) is 10.4. The van der Waals surface area contributed by atoms with Gasteiger partial charge < -0.3 is 9.47 Å². The SMILES string of the molecule is COc1ccc(Cl)cc1C(=O)NNC(=O)COC(=O)Cc1sc(C)nc1-c1ccc(C)cc1. The van der Waals surface area contributed by atoms with E-state index in [4.69, 9.17) is 21.1 Å². The van der Waals surface area contributed by atoms with Crippen LogP contribution >= 0.6 is 22.9 Å². The van der Waals surface area contributed by atoms with Gasteiger partial charge in [-0.1, -0.05) is 41.4 Å². The number of methoxy groups -OCH3 is 1. The number of hydrazine groups is 1. The van der Waals surface area contributed by atoms with Crippen molar-refractivity contribution in [1.82, 2.24) is 15.8 Å². The molecule has 0 unspecified atom stereocenters. The van der Waals surface area contributed by atoms with Gasteiger partial charge in [0.25, 0.3) is 11.8 Å². The first-order chi connectivity index (χ1) is 15.8. The predicted octanol–water partition coefficient (Wildman–Crippen LogP) is 3.64. The molecule has 10 heteroatoms. The zero-order valence-electron chi connectivity index (χ0n) is 18.2. The minimum Gasteiger partial charge on any atom is -0.496 e. The summed E-state index contributed by atoms with van der Waals surface area (Å²) in [7, 11) is 1.41. The molecule has 0 radical (unpaired) electrons. The molecule has 2 amide bonds. The first kappa shape index (κ1) is 24.2. The number of rotatable bonds is 7. The molecule has 0 aliphatic rings. The molecule has 33 heavy (non-hydrogen) atoms. The highest BCUT2D eigenvalue weighted by Gasteiger charge is 2.18. The fraction of sp³-hybridized carbons (Fsp3) is 0.217. The molecule has 0 spiro atoms. The van der Waals surface area contributed by atoms with E-state index < -0.39 is 24.4 Å². The Kier molecular flexibility index (Phi) is 8.02. The van der Waals surface area contributed by atoms with Gasteiger partial charge in [-0.3, -0.25) is 25.2 Å². The van der Waals surface area contributed by atoms with Gasteiger partial charge >= 0.3 is 5.97 Å². The molecule has 1 heterocycles. The van der Waals surface area contributed by atoms with Crippen LogP contribution in [-0.4, -0.2) is 36.5 Å². The van der Waals surface area contributed by atoms with Gasteiger partial charge in [-0.05, 0) is 32.0 Å². The van der Waals surface area contributed by atoms with E-state index in [9.17, 15) is 14.4 Å². The van der Waals surface area contributed by atoms with Gasteiger partial charge in [0.05, 0.1) is 29.8 Å². The molecule has 0 bridgehead atoms. The molecule has 3 rings (SSSR count). The Hall–Kier alpha value is -3.43. The summed E-state index contributed by atoms with van der Waals surface area (Å²) in [6.45, 7) is 3.30. The average molecular weight is 488 g/mol. The van der Waals surface area contributed by atoms with E-state index in [1.165, 1.54) is 30.6 Å². The Morgan fingerprint density at radius 3 is 2.48 bits per heavy atom. The number of carbonyl (C=O) groups excluding carboxylic acids is 3. The van der Waals surface area contributed by atoms with Crippen LogP contribution in [0.1, 0.15) is 25.8 Å². The molecular formula is C23H22ClN3O5S. The second-order valence-electron chi connectivity index (χ2n) is 7.06. The number of carbonyl (C=O) groups is 3. The monoisotopic (exact) mass is 487 g/mol. The van der Waals surface area contributed by atoms with Crippen molar-refractivity contribution in [2.45, 2.75) is 20.3 Å². The highest BCUT2D eigenvalue weighted by Crippen LogP contribution is 2.29. The highest BCUT2D eigenvalue weighted by molar-refractivity contribution is 7.12. The van der Waals surface area contributed by atoms with Crippen molar-refractivity contribution in [1.29, 1.82) is 0 Å². The minimum absolute atomic E-state index is 0.0198. The van der Waals surface area contributed by atoms with Gasteiger partial charge in [0.2, 0.25) is 0 Å². The second-order valence-corrected chi connectivity index (χ2v) is 8.78. The fourth-order valence-electron chi connectivity index (χ4n) is 2.94. The zero-order valence-corrected chi connectivity index (χ0v) is 19.8. The standard InChI is InChI=1S/C23H22ClN3O5S/c1-13-4-6-15(7-5-13)22-19(33-14(2)25-22)11-21(29)32-12-20(28)26-27-23(30)17-10-16(24)8-9-18(17)31-3/h4-10H,11-12H2,1-3H3,(H,26,28)(H,27,30). The summed E-state index contributed by atoms with van der Waals surface area (Å²) >= 11 is 7.31. The highest BCUT2D eigenvalue weighted by atomic mass is 35.5. The van der Waals surface area contributed by atoms with Crippen LogP contribution in [0.15, 0.2) is 42.5 Å². The number of aromatic nitrogens is 1. The van der Waals surface area contributed by atoms with Crippen LogP contribution in [0, 0.1) is 13.8 Å². The molecule has 2 N–H and O–H groups in total. The van der Waals surface area contributed by atoms with E-state index in [2.05, 4.69) is 15.8 Å². The minimum atomic E-state index is -0.697. The summed E-state index contributed by atoms with van der Waals surface area (Å²) in [5.74, 6) is -1.61. The number of nitrogens with zero attached hydrogens (tertiary/aromatic N) is 1. The van der Waals surface area contributed by atoms with Gasteiger partial charge in [0.1, 0.15) is 5.75 Å². The predicted molar refractivity (Wildman–Crippen MR) is 125 cm³/mol. The maximum atomic E-state index is 12.3. The summed E-state index contributed by atoms with van der Waals surface area (Å²) in [6, 6.07) is 12.4. The fourth-order valence-corrected chi connectivity index (χ4v) is 4.06. The number of aryl methyl sites for hydroxylation is 2. The van der Waals surface area contributed by atoms with E-state index in [-0.39, 0.29) is 12.0 Å². The summed E-state index contributed by atoms with van der Waals surface area (Å²) in [4.78, 5) is 41.9. The molecule has 172 valence electrons. The van der Waals surface area contributed by atoms with Crippen molar-refractivity contribution in [3.8, 4) is 17.0 Å². The van der Waals surface area contributed by atoms with Crippen LogP contribution in [0.5, 0.6) is 5.75 Å². The summed E-state index contributed by atoms with van der Waals surface area (Å²) in [6.07, 6.45) is -0.0198. The summed E-state index contributed by atoms with van der Waals surface area (Å²) in [5.41, 5.74) is 7.33. The Morgan fingerprint density at radius 1 is 1.06 bits per heavy atom. The van der Waals surface area contributed by atoms with Gasteiger partial charge in [-0.25, -0.2) is 4.98 Å². The van der Waals surface area contributed by atoms with Crippen LogP contribution in [0.2, 0.25) is 5.02 Å². The van der Waals surface area contributed by atoms with E-state index in [1.54, 1.807) is 6.07 Å². The first-order valence-electron chi connectivity index (χ1n) is 9.88. The Labute approximate surface area is 199 Å². The third-order valence-corrected chi connectivity index (χ3v) is 5.73.